The van der Waals surface area contributed by atoms with Gasteiger partial charge in [-0.1, -0.05) is 12.1 Å². The summed E-state index contributed by atoms with van der Waals surface area (Å²) < 4.78 is 15.3. The Bertz CT molecular complexity index is 380. The minimum atomic E-state index is -0.958. The van der Waals surface area contributed by atoms with Crippen LogP contribution in [0.5, 0.6) is 5.75 Å². The Labute approximate surface area is 123 Å². The van der Waals surface area contributed by atoms with Crippen molar-refractivity contribution in [2.24, 2.45) is 0 Å². The van der Waals surface area contributed by atoms with E-state index in [1.54, 1.807) is 18.9 Å². The summed E-state index contributed by atoms with van der Waals surface area (Å²) in [6, 6.07) is 8.00. The van der Waals surface area contributed by atoms with E-state index in [9.17, 15) is 4.79 Å². The topological polar surface area (TPSA) is 65.0 Å². The largest absolute Gasteiger partial charge is 0.497 e. The van der Waals surface area contributed by atoms with Crippen molar-refractivity contribution in [3.05, 3.63) is 29.8 Å². The molecule has 0 aliphatic rings. The lowest BCUT2D eigenvalue weighted by atomic mass is 10.2. The molecule has 1 aromatic carbocycles. The zero-order chi connectivity index (χ0) is 14.6. The molecule has 0 bridgehead atoms. The van der Waals surface area contributed by atoms with Crippen molar-refractivity contribution in [3.63, 3.8) is 0 Å². The molecule has 5 nitrogen and oxygen atoms in total. The molecule has 0 aliphatic heterocycles. The van der Waals surface area contributed by atoms with Crippen molar-refractivity contribution >= 4 is 17.7 Å². The molecule has 0 saturated heterocycles. The number of hydrogen-bond acceptors (Lipinski definition) is 5. The van der Waals surface area contributed by atoms with E-state index in [-0.39, 0.29) is 6.61 Å². The van der Waals surface area contributed by atoms with E-state index in [1.165, 1.54) is 5.56 Å². The lowest BCUT2D eigenvalue weighted by Gasteiger charge is -2.05. The summed E-state index contributed by atoms with van der Waals surface area (Å²) in [6.45, 7) is 1.11. The van der Waals surface area contributed by atoms with Crippen molar-refractivity contribution in [2.75, 3.05) is 39.3 Å². The monoisotopic (exact) mass is 300 g/mol. The summed E-state index contributed by atoms with van der Waals surface area (Å²) in [4.78, 5) is 10.2. The van der Waals surface area contributed by atoms with Gasteiger partial charge in [0.2, 0.25) is 0 Å². The summed E-state index contributed by atoms with van der Waals surface area (Å²) in [5.41, 5.74) is 1.25. The third-order valence-corrected chi connectivity index (χ3v) is 3.39. The average molecular weight is 300 g/mol. The first-order chi connectivity index (χ1) is 9.72. The van der Waals surface area contributed by atoms with Gasteiger partial charge in [0.05, 0.1) is 26.9 Å². The van der Waals surface area contributed by atoms with Gasteiger partial charge in [0.1, 0.15) is 12.4 Å². The highest BCUT2D eigenvalue weighted by Gasteiger charge is 1.97. The molecule has 0 aliphatic carbocycles. The lowest BCUT2D eigenvalue weighted by Crippen LogP contribution is -2.12. The normalized spacial score (nSPS) is 10.4. The lowest BCUT2D eigenvalue weighted by molar-refractivity contribution is -0.142. The average Bonchev–Trinajstić information content (AvgIpc) is 2.46. The molecule has 0 saturated carbocycles. The Morgan fingerprint density at radius 1 is 1.15 bits per heavy atom. The highest BCUT2D eigenvalue weighted by molar-refractivity contribution is 7.98. The number of carbonyl (C=O) groups is 1. The number of rotatable bonds is 11. The molecule has 1 aromatic rings. The Kier molecular flexibility index (Phi) is 8.86. The molecule has 20 heavy (non-hydrogen) atoms. The second kappa shape index (κ2) is 10.5. The zero-order valence-electron chi connectivity index (χ0n) is 11.5. The second-order valence-electron chi connectivity index (χ2n) is 3.96. The molecular formula is C14H20O5S. The molecule has 0 spiro atoms. The molecule has 0 radical (unpaired) electrons. The molecule has 0 aromatic heterocycles. The quantitative estimate of drug-likeness (QED) is 0.631. The van der Waals surface area contributed by atoms with E-state index in [0.29, 0.717) is 19.8 Å². The van der Waals surface area contributed by atoms with Gasteiger partial charge >= 0.3 is 5.97 Å². The zero-order valence-corrected chi connectivity index (χ0v) is 12.4. The van der Waals surface area contributed by atoms with Gasteiger partial charge in [0, 0.05) is 11.5 Å². The van der Waals surface area contributed by atoms with Gasteiger partial charge in [-0.2, -0.15) is 11.8 Å². The van der Waals surface area contributed by atoms with Crippen LogP contribution in [-0.2, 0) is 20.0 Å². The Hall–Kier alpha value is -1.24. The third-order valence-electron chi connectivity index (χ3n) is 2.40. The predicted molar refractivity (Wildman–Crippen MR) is 78.4 cm³/mol. The summed E-state index contributed by atoms with van der Waals surface area (Å²) in [7, 11) is 1.65. The van der Waals surface area contributed by atoms with Crippen LogP contribution in [0, 0.1) is 0 Å². The summed E-state index contributed by atoms with van der Waals surface area (Å²) >= 11 is 1.79. The van der Waals surface area contributed by atoms with E-state index in [4.69, 9.17) is 19.3 Å². The second-order valence-corrected chi connectivity index (χ2v) is 5.06. The van der Waals surface area contributed by atoms with E-state index >= 15 is 0 Å². The molecule has 0 amide bonds. The van der Waals surface area contributed by atoms with Gasteiger partial charge in [-0.3, -0.25) is 0 Å². The van der Waals surface area contributed by atoms with E-state index < -0.39 is 5.97 Å². The standard InChI is InChI=1S/C14H20O5S/c1-17-13-4-2-12(3-5-13)11-20-9-8-18-6-7-19-10-14(15)16/h2-5H,6-11H2,1H3,(H,15,16). The number of ether oxygens (including phenoxy) is 3. The van der Waals surface area contributed by atoms with Crippen molar-refractivity contribution in [1.82, 2.24) is 0 Å². The van der Waals surface area contributed by atoms with Crippen LogP contribution in [0.15, 0.2) is 24.3 Å². The molecule has 0 atom stereocenters. The minimum Gasteiger partial charge on any atom is -0.497 e. The molecule has 112 valence electrons. The Balaban J connectivity index is 1.95. The van der Waals surface area contributed by atoms with Gasteiger partial charge in [-0.15, -0.1) is 0 Å². The van der Waals surface area contributed by atoms with Crippen LogP contribution < -0.4 is 4.74 Å². The summed E-state index contributed by atoms with van der Waals surface area (Å²) in [6.07, 6.45) is 0. The molecular weight excluding hydrogens is 280 g/mol. The van der Waals surface area contributed by atoms with Gasteiger partial charge in [0.25, 0.3) is 0 Å². The number of carboxylic acids is 1. The maximum atomic E-state index is 10.2. The molecule has 0 fully saturated rings. The molecule has 6 heteroatoms. The minimum absolute atomic E-state index is 0.268. The maximum Gasteiger partial charge on any atom is 0.329 e. The molecule has 0 heterocycles. The van der Waals surface area contributed by atoms with Crippen molar-refractivity contribution < 1.29 is 24.1 Å². The van der Waals surface area contributed by atoms with E-state index in [2.05, 4.69) is 0 Å². The first-order valence-electron chi connectivity index (χ1n) is 6.30. The van der Waals surface area contributed by atoms with Crippen LogP contribution in [0.25, 0.3) is 0 Å². The first kappa shape index (κ1) is 16.8. The number of thioether (sulfide) groups is 1. The van der Waals surface area contributed by atoms with Crippen LogP contribution in [0.3, 0.4) is 0 Å². The molecule has 1 rings (SSSR count). The van der Waals surface area contributed by atoms with Crippen molar-refractivity contribution in [1.29, 1.82) is 0 Å². The van der Waals surface area contributed by atoms with Crippen molar-refractivity contribution in [3.8, 4) is 5.75 Å². The highest BCUT2D eigenvalue weighted by atomic mass is 32.2. The highest BCUT2D eigenvalue weighted by Crippen LogP contribution is 2.16. The fourth-order valence-electron chi connectivity index (χ4n) is 1.41. The SMILES string of the molecule is COc1ccc(CSCCOCCOCC(=O)O)cc1. The van der Waals surface area contributed by atoms with E-state index in [1.807, 2.05) is 24.3 Å². The number of carboxylic acid groups (broad SMARTS) is 1. The first-order valence-corrected chi connectivity index (χ1v) is 7.46. The predicted octanol–water partition coefficient (Wildman–Crippen LogP) is 2.05. The number of aliphatic carboxylic acids is 1. The maximum absolute atomic E-state index is 10.2. The van der Waals surface area contributed by atoms with Crippen LogP contribution in [0.2, 0.25) is 0 Å². The fraction of sp³-hybridized carbons (Fsp3) is 0.500. The Morgan fingerprint density at radius 2 is 1.85 bits per heavy atom. The fourth-order valence-corrected chi connectivity index (χ4v) is 2.22. The van der Waals surface area contributed by atoms with Crippen molar-refractivity contribution in [2.45, 2.75) is 5.75 Å². The third kappa shape index (κ3) is 8.04. The number of hydrogen-bond donors (Lipinski definition) is 1. The number of benzene rings is 1. The summed E-state index contributed by atoms with van der Waals surface area (Å²) in [5.74, 6) is 1.73. The molecule has 0 unspecified atom stereocenters. The smallest absolute Gasteiger partial charge is 0.329 e. The van der Waals surface area contributed by atoms with Gasteiger partial charge in [-0.25, -0.2) is 4.79 Å². The van der Waals surface area contributed by atoms with E-state index in [0.717, 1.165) is 17.3 Å². The van der Waals surface area contributed by atoms with Crippen LogP contribution in [0.4, 0.5) is 0 Å². The van der Waals surface area contributed by atoms with Gasteiger partial charge in [0.15, 0.2) is 0 Å². The van der Waals surface area contributed by atoms with Crippen LogP contribution >= 0.6 is 11.8 Å². The number of methoxy groups -OCH3 is 1. The van der Waals surface area contributed by atoms with Crippen LogP contribution in [-0.4, -0.2) is 50.4 Å². The van der Waals surface area contributed by atoms with Gasteiger partial charge in [-0.05, 0) is 17.7 Å². The van der Waals surface area contributed by atoms with Gasteiger partial charge < -0.3 is 19.3 Å². The summed E-state index contributed by atoms with van der Waals surface area (Å²) in [5, 5.41) is 8.35. The Morgan fingerprint density at radius 3 is 2.50 bits per heavy atom. The molecule has 1 N–H and O–H groups in total. The van der Waals surface area contributed by atoms with Crippen LogP contribution in [0.1, 0.15) is 5.56 Å².